The van der Waals surface area contributed by atoms with Gasteiger partial charge in [-0.25, -0.2) is 4.98 Å². The maximum Gasteiger partial charge on any atom is 0.183 e. The van der Waals surface area contributed by atoms with Gasteiger partial charge in [-0.05, 0) is 37.3 Å². The van der Waals surface area contributed by atoms with Gasteiger partial charge in [0.15, 0.2) is 5.13 Å². The molecule has 1 fully saturated rings. The lowest BCUT2D eigenvalue weighted by molar-refractivity contribution is 0.358. The predicted octanol–water partition coefficient (Wildman–Crippen LogP) is 5.59. The highest BCUT2D eigenvalue weighted by Gasteiger charge is 2.20. The van der Waals surface area contributed by atoms with Crippen molar-refractivity contribution in [2.75, 3.05) is 5.32 Å². The lowest BCUT2D eigenvalue weighted by Gasteiger charge is -2.27. The number of rotatable bonds is 3. The number of aromatic amines is 1. The second-order valence-electron chi connectivity index (χ2n) is 6.90. The molecular weight excluding hydrogens is 302 g/mol. The SMILES string of the molecule is Cc1ccc2c(-c3csc(N[C@H]4CCC[C@H](C)C4)n3)c[nH]c2c1. The number of nitrogens with one attached hydrogen (secondary N) is 2. The molecule has 3 nitrogen and oxygen atoms in total. The molecule has 0 spiro atoms. The van der Waals surface area contributed by atoms with Crippen LogP contribution in [0.4, 0.5) is 5.13 Å². The normalized spacial score (nSPS) is 21.7. The van der Waals surface area contributed by atoms with Gasteiger partial charge in [0, 0.05) is 34.1 Å². The molecule has 2 atom stereocenters. The number of anilines is 1. The summed E-state index contributed by atoms with van der Waals surface area (Å²) < 4.78 is 0. The Kier molecular flexibility index (Phi) is 3.85. The first-order chi connectivity index (χ1) is 11.2. The summed E-state index contributed by atoms with van der Waals surface area (Å²) in [6.07, 6.45) is 7.31. The van der Waals surface area contributed by atoms with Gasteiger partial charge in [0.1, 0.15) is 0 Å². The average Bonchev–Trinajstić information content (AvgIpc) is 3.13. The van der Waals surface area contributed by atoms with Crippen molar-refractivity contribution >= 4 is 27.4 Å². The molecule has 4 heteroatoms. The van der Waals surface area contributed by atoms with Gasteiger partial charge < -0.3 is 10.3 Å². The summed E-state index contributed by atoms with van der Waals surface area (Å²) in [6.45, 7) is 4.48. The largest absolute Gasteiger partial charge is 0.360 e. The molecule has 2 heterocycles. The van der Waals surface area contributed by atoms with Gasteiger partial charge in [-0.3, -0.25) is 0 Å². The summed E-state index contributed by atoms with van der Waals surface area (Å²) in [7, 11) is 0. The molecule has 0 radical (unpaired) electrons. The van der Waals surface area contributed by atoms with Crippen LogP contribution in [0.25, 0.3) is 22.2 Å². The van der Waals surface area contributed by atoms with Gasteiger partial charge in [-0.1, -0.05) is 31.9 Å². The Hall–Kier alpha value is -1.81. The first kappa shape index (κ1) is 14.8. The summed E-state index contributed by atoms with van der Waals surface area (Å²) in [4.78, 5) is 8.20. The second kappa shape index (κ2) is 6.00. The van der Waals surface area contributed by atoms with Crippen LogP contribution in [0.3, 0.4) is 0 Å². The van der Waals surface area contributed by atoms with Crippen molar-refractivity contribution < 1.29 is 0 Å². The van der Waals surface area contributed by atoms with E-state index in [-0.39, 0.29) is 0 Å². The molecule has 0 aliphatic heterocycles. The van der Waals surface area contributed by atoms with Crippen LogP contribution in [-0.4, -0.2) is 16.0 Å². The molecule has 120 valence electrons. The molecule has 1 saturated carbocycles. The van der Waals surface area contributed by atoms with Gasteiger partial charge in [0.2, 0.25) is 0 Å². The van der Waals surface area contributed by atoms with E-state index in [1.165, 1.54) is 47.7 Å². The van der Waals surface area contributed by atoms with Crippen molar-refractivity contribution in [3.8, 4) is 11.3 Å². The van der Waals surface area contributed by atoms with Crippen LogP contribution < -0.4 is 5.32 Å². The van der Waals surface area contributed by atoms with Crippen LogP contribution in [0.15, 0.2) is 29.8 Å². The number of aromatic nitrogens is 2. The quantitative estimate of drug-likeness (QED) is 0.659. The van der Waals surface area contributed by atoms with E-state index in [2.05, 4.69) is 53.9 Å². The third-order valence-electron chi connectivity index (χ3n) is 4.88. The van der Waals surface area contributed by atoms with Gasteiger partial charge >= 0.3 is 0 Å². The van der Waals surface area contributed by atoms with Crippen LogP contribution in [0, 0.1) is 12.8 Å². The standard InChI is InChI=1S/C19H23N3S/c1-12-4-3-5-14(8-12)21-19-22-18(11-23-19)16-10-20-17-9-13(2)6-7-15(16)17/h6-7,9-12,14,20H,3-5,8H2,1-2H3,(H,21,22)/t12-,14-/m0/s1. The molecule has 23 heavy (non-hydrogen) atoms. The van der Waals surface area contributed by atoms with E-state index >= 15 is 0 Å². The fraction of sp³-hybridized carbons (Fsp3) is 0.421. The summed E-state index contributed by atoms with van der Waals surface area (Å²) in [6, 6.07) is 7.12. The maximum absolute atomic E-state index is 4.83. The molecule has 1 aromatic carbocycles. The van der Waals surface area contributed by atoms with E-state index in [9.17, 15) is 0 Å². The Morgan fingerprint density at radius 2 is 2.22 bits per heavy atom. The number of benzene rings is 1. The molecule has 4 rings (SSSR count). The van der Waals surface area contributed by atoms with Crippen LogP contribution in [0.5, 0.6) is 0 Å². The number of fused-ring (bicyclic) bond motifs is 1. The topological polar surface area (TPSA) is 40.7 Å². The molecule has 1 aliphatic carbocycles. The number of nitrogens with zero attached hydrogens (tertiary/aromatic N) is 1. The monoisotopic (exact) mass is 325 g/mol. The van der Waals surface area contributed by atoms with Crippen molar-refractivity contribution in [3.05, 3.63) is 35.3 Å². The molecule has 2 N–H and O–H groups in total. The number of aryl methyl sites for hydroxylation is 1. The second-order valence-corrected chi connectivity index (χ2v) is 7.76. The molecule has 2 aromatic heterocycles. The summed E-state index contributed by atoms with van der Waals surface area (Å²) >= 11 is 1.72. The smallest absolute Gasteiger partial charge is 0.183 e. The van der Waals surface area contributed by atoms with Crippen molar-refractivity contribution in [2.45, 2.75) is 45.6 Å². The van der Waals surface area contributed by atoms with E-state index in [1.807, 2.05) is 0 Å². The van der Waals surface area contributed by atoms with Crippen molar-refractivity contribution in [1.29, 1.82) is 0 Å². The fourth-order valence-corrected chi connectivity index (χ4v) is 4.44. The first-order valence-electron chi connectivity index (χ1n) is 8.49. The molecule has 1 aliphatic rings. The third kappa shape index (κ3) is 3.00. The highest BCUT2D eigenvalue weighted by molar-refractivity contribution is 7.14. The zero-order valence-corrected chi connectivity index (χ0v) is 14.5. The van der Waals surface area contributed by atoms with Crippen LogP contribution in [-0.2, 0) is 0 Å². The minimum absolute atomic E-state index is 0.586. The Labute approximate surface area is 141 Å². The van der Waals surface area contributed by atoms with Crippen molar-refractivity contribution in [1.82, 2.24) is 9.97 Å². The van der Waals surface area contributed by atoms with E-state index in [1.54, 1.807) is 11.3 Å². The minimum Gasteiger partial charge on any atom is -0.360 e. The van der Waals surface area contributed by atoms with E-state index in [0.717, 1.165) is 16.7 Å². The van der Waals surface area contributed by atoms with Gasteiger partial charge in [-0.2, -0.15) is 0 Å². The summed E-state index contributed by atoms with van der Waals surface area (Å²) in [5.41, 5.74) is 4.72. The predicted molar refractivity (Wildman–Crippen MR) is 99.2 cm³/mol. The fourth-order valence-electron chi connectivity index (χ4n) is 3.66. The zero-order valence-electron chi connectivity index (χ0n) is 13.7. The molecular formula is C19H23N3S. The Morgan fingerprint density at radius 3 is 3.09 bits per heavy atom. The summed E-state index contributed by atoms with van der Waals surface area (Å²) in [5, 5.41) is 8.12. The lowest BCUT2D eigenvalue weighted by Crippen LogP contribution is -2.26. The Bertz CT molecular complexity index is 817. The van der Waals surface area contributed by atoms with Crippen molar-refractivity contribution in [3.63, 3.8) is 0 Å². The maximum atomic E-state index is 4.83. The first-order valence-corrected chi connectivity index (χ1v) is 9.37. The molecule has 0 unspecified atom stereocenters. The summed E-state index contributed by atoms with van der Waals surface area (Å²) in [5.74, 6) is 0.831. The molecule has 0 amide bonds. The lowest BCUT2D eigenvalue weighted by atomic mass is 9.87. The highest BCUT2D eigenvalue weighted by Crippen LogP contribution is 2.33. The van der Waals surface area contributed by atoms with Gasteiger partial charge in [-0.15, -0.1) is 11.3 Å². The van der Waals surface area contributed by atoms with E-state index < -0.39 is 0 Å². The number of hydrogen-bond donors (Lipinski definition) is 2. The highest BCUT2D eigenvalue weighted by atomic mass is 32.1. The minimum atomic E-state index is 0.586. The number of hydrogen-bond acceptors (Lipinski definition) is 3. The zero-order chi connectivity index (χ0) is 15.8. The van der Waals surface area contributed by atoms with Gasteiger partial charge in [0.25, 0.3) is 0 Å². The Morgan fingerprint density at radius 1 is 1.30 bits per heavy atom. The Balaban J connectivity index is 1.57. The average molecular weight is 325 g/mol. The molecule has 0 bridgehead atoms. The molecule has 3 aromatic rings. The van der Waals surface area contributed by atoms with E-state index in [4.69, 9.17) is 4.98 Å². The van der Waals surface area contributed by atoms with E-state index in [0.29, 0.717) is 6.04 Å². The van der Waals surface area contributed by atoms with Crippen LogP contribution in [0.2, 0.25) is 0 Å². The molecule has 0 saturated heterocycles. The third-order valence-corrected chi connectivity index (χ3v) is 5.65. The number of H-pyrrole nitrogens is 1. The van der Waals surface area contributed by atoms with Crippen LogP contribution in [0.1, 0.15) is 38.2 Å². The van der Waals surface area contributed by atoms with Gasteiger partial charge in [0.05, 0.1) is 5.69 Å². The van der Waals surface area contributed by atoms with Crippen molar-refractivity contribution in [2.24, 2.45) is 5.92 Å². The van der Waals surface area contributed by atoms with Crippen LogP contribution >= 0.6 is 11.3 Å². The number of thiazole rings is 1.